The first kappa shape index (κ1) is 12.1. The van der Waals surface area contributed by atoms with E-state index in [1.807, 2.05) is 4.68 Å². The first-order chi connectivity index (χ1) is 9.02. The molecule has 0 amide bonds. The van der Waals surface area contributed by atoms with E-state index in [9.17, 15) is 4.79 Å². The molecule has 0 saturated heterocycles. The van der Waals surface area contributed by atoms with Gasteiger partial charge >= 0.3 is 5.97 Å². The number of aromatic nitrogens is 3. The Balaban J connectivity index is 1.95. The molecular weight excluding hydrogens is 242 g/mol. The minimum Gasteiger partial charge on any atom is -0.478 e. The smallest absolute Gasteiger partial charge is 0.335 e. The molecule has 1 aliphatic rings. The minimum absolute atomic E-state index is 0.254. The van der Waals surface area contributed by atoms with Crippen LogP contribution >= 0.6 is 0 Å². The number of aromatic carboxylic acids is 1. The van der Waals surface area contributed by atoms with E-state index in [2.05, 4.69) is 24.2 Å². The quantitative estimate of drug-likeness (QED) is 0.916. The molecule has 19 heavy (non-hydrogen) atoms. The van der Waals surface area contributed by atoms with Gasteiger partial charge in [0.25, 0.3) is 0 Å². The van der Waals surface area contributed by atoms with Crippen molar-refractivity contribution in [2.75, 3.05) is 0 Å². The summed E-state index contributed by atoms with van der Waals surface area (Å²) < 4.78 is 1.91. The van der Waals surface area contributed by atoms with Crippen LogP contribution in [0.1, 0.15) is 37.0 Å². The molecule has 2 aromatic rings. The van der Waals surface area contributed by atoms with Gasteiger partial charge in [0, 0.05) is 6.54 Å². The predicted octanol–water partition coefficient (Wildman–Crippen LogP) is 2.57. The SMILES string of the molecule is CC(C)C1(Cn2nnc3cc(C(=O)O)ccc32)CC1. The molecule has 5 heteroatoms. The molecule has 1 aromatic heterocycles. The Bertz CT molecular complexity index is 641. The first-order valence-corrected chi connectivity index (χ1v) is 6.58. The molecular formula is C14H17N3O2. The van der Waals surface area contributed by atoms with Crippen molar-refractivity contribution in [3.63, 3.8) is 0 Å². The maximum atomic E-state index is 10.9. The summed E-state index contributed by atoms with van der Waals surface area (Å²) in [5.41, 5.74) is 2.17. The summed E-state index contributed by atoms with van der Waals surface area (Å²) in [6, 6.07) is 4.99. The van der Waals surface area contributed by atoms with Crippen LogP contribution in [0.3, 0.4) is 0 Å². The predicted molar refractivity (Wildman–Crippen MR) is 71.0 cm³/mol. The molecule has 0 spiro atoms. The van der Waals surface area contributed by atoms with Gasteiger partial charge in [-0.1, -0.05) is 19.1 Å². The van der Waals surface area contributed by atoms with Gasteiger partial charge in [-0.05, 0) is 42.4 Å². The molecule has 0 unspecified atom stereocenters. The molecule has 1 aromatic carbocycles. The van der Waals surface area contributed by atoms with Crippen molar-refractivity contribution in [1.82, 2.24) is 15.0 Å². The van der Waals surface area contributed by atoms with Gasteiger partial charge in [-0.25, -0.2) is 9.48 Å². The Morgan fingerprint density at radius 2 is 2.21 bits per heavy atom. The number of fused-ring (bicyclic) bond motifs is 1. The van der Waals surface area contributed by atoms with Crippen molar-refractivity contribution >= 4 is 17.0 Å². The fourth-order valence-electron chi connectivity index (χ4n) is 2.60. The zero-order chi connectivity index (χ0) is 13.6. The Labute approximate surface area is 111 Å². The zero-order valence-electron chi connectivity index (χ0n) is 11.1. The lowest BCUT2D eigenvalue weighted by molar-refractivity contribution is 0.0697. The largest absolute Gasteiger partial charge is 0.478 e. The summed E-state index contributed by atoms with van der Waals surface area (Å²) in [7, 11) is 0. The van der Waals surface area contributed by atoms with Crippen LogP contribution in [0.2, 0.25) is 0 Å². The van der Waals surface area contributed by atoms with Crippen LogP contribution in [-0.4, -0.2) is 26.1 Å². The molecule has 5 nitrogen and oxygen atoms in total. The summed E-state index contributed by atoms with van der Waals surface area (Å²) in [6.07, 6.45) is 2.47. The van der Waals surface area contributed by atoms with Gasteiger partial charge in [-0.15, -0.1) is 5.10 Å². The van der Waals surface area contributed by atoms with Crippen molar-refractivity contribution in [2.45, 2.75) is 33.2 Å². The van der Waals surface area contributed by atoms with Crippen LogP contribution < -0.4 is 0 Å². The van der Waals surface area contributed by atoms with E-state index in [4.69, 9.17) is 5.11 Å². The highest BCUT2D eigenvalue weighted by Gasteiger charge is 2.46. The first-order valence-electron chi connectivity index (χ1n) is 6.58. The normalized spacial score (nSPS) is 17.0. The molecule has 3 rings (SSSR count). The van der Waals surface area contributed by atoms with Crippen LogP contribution in [0.25, 0.3) is 11.0 Å². The summed E-state index contributed by atoms with van der Waals surface area (Å²) in [5.74, 6) is -0.303. The maximum Gasteiger partial charge on any atom is 0.335 e. The molecule has 1 heterocycles. The number of carboxylic acids is 1. The summed E-state index contributed by atoms with van der Waals surface area (Å²) >= 11 is 0. The Morgan fingerprint density at radius 1 is 1.47 bits per heavy atom. The van der Waals surface area contributed by atoms with Crippen LogP contribution in [0.4, 0.5) is 0 Å². The standard InChI is InChI=1S/C14H17N3O2/c1-9(2)14(5-6-14)8-17-12-4-3-10(13(18)19)7-11(12)15-16-17/h3-4,7,9H,5-6,8H2,1-2H3,(H,18,19). The van der Waals surface area contributed by atoms with Crippen LogP contribution in [0.15, 0.2) is 18.2 Å². The molecule has 0 bridgehead atoms. The molecule has 1 N–H and O–H groups in total. The molecule has 100 valence electrons. The van der Waals surface area contributed by atoms with Crippen molar-refractivity contribution in [3.05, 3.63) is 23.8 Å². The number of hydrogen-bond acceptors (Lipinski definition) is 3. The van der Waals surface area contributed by atoms with E-state index in [0.717, 1.165) is 12.1 Å². The molecule has 0 radical (unpaired) electrons. The lowest BCUT2D eigenvalue weighted by Gasteiger charge is -2.19. The average Bonchev–Trinajstić information content (AvgIpc) is 3.05. The van der Waals surface area contributed by atoms with E-state index >= 15 is 0 Å². The third-order valence-corrected chi connectivity index (χ3v) is 4.34. The van der Waals surface area contributed by atoms with Crippen molar-refractivity contribution in [2.24, 2.45) is 11.3 Å². The lowest BCUT2D eigenvalue weighted by atomic mass is 9.92. The Hall–Kier alpha value is -1.91. The van der Waals surface area contributed by atoms with Gasteiger partial charge in [0.2, 0.25) is 0 Å². The fourth-order valence-corrected chi connectivity index (χ4v) is 2.60. The summed E-state index contributed by atoms with van der Waals surface area (Å²) in [5, 5.41) is 17.2. The number of benzene rings is 1. The Morgan fingerprint density at radius 3 is 2.79 bits per heavy atom. The highest BCUT2D eigenvalue weighted by atomic mass is 16.4. The second kappa shape index (κ2) is 4.05. The molecule has 1 fully saturated rings. The zero-order valence-corrected chi connectivity index (χ0v) is 11.1. The van der Waals surface area contributed by atoms with Gasteiger partial charge < -0.3 is 5.11 Å². The summed E-state index contributed by atoms with van der Waals surface area (Å²) in [6.45, 7) is 5.36. The average molecular weight is 259 g/mol. The topological polar surface area (TPSA) is 68.0 Å². The third kappa shape index (κ3) is 1.99. The van der Waals surface area contributed by atoms with E-state index in [-0.39, 0.29) is 5.56 Å². The van der Waals surface area contributed by atoms with E-state index < -0.39 is 5.97 Å². The lowest BCUT2D eigenvalue weighted by Crippen LogP contribution is -2.18. The molecule has 0 aliphatic heterocycles. The van der Waals surface area contributed by atoms with Crippen molar-refractivity contribution in [3.8, 4) is 0 Å². The number of rotatable bonds is 4. The van der Waals surface area contributed by atoms with Crippen molar-refractivity contribution < 1.29 is 9.90 Å². The van der Waals surface area contributed by atoms with Gasteiger partial charge in [-0.3, -0.25) is 0 Å². The van der Waals surface area contributed by atoms with Crippen LogP contribution in [0.5, 0.6) is 0 Å². The van der Waals surface area contributed by atoms with Crippen LogP contribution in [-0.2, 0) is 6.54 Å². The Kier molecular flexibility index (Phi) is 2.59. The third-order valence-electron chi connectivity index (χ3n) is 4.34. The highest BCUT2D eigenvalue weighted by Crippen LogP contribution is 2.53. The second-order valence-electron chi connectivity index (χ2n) is 5.77. The van der Waals surface area contributed by atoms with Gasteiger partial charge in [0.05, 0.1) is 11.1 Å². The van der Waals surface area contributed by atoms with Gasteiger partial charge in [-0.2, -0.15) is 0 Å². The second-order valence-corrected chi connectivity index (χ2v) is 5.77. The monoisotopic (exact) mass is 259 g/mol. The number of carboxylic acid groups (broad SMARTS) is 1. The van der Waals surface area contributed by atoms with Crippen molar-refractivity contribution in [1.29, 1.82) is 0 Å². The van der Waals surface area contributed by atoms with E-state index in [1.165, 1.54) is 12.8 Å². The summed E-state index contributed by atoms with van der Waals surface area (Å²) in [4.78, 5) is 10.9. The molecule has 1 saturated carbocycles. The molecule has 0 atom stereocenters. The fraction of sp³-hybridized carbons (Fsp3) is 0.500. The maximum absolute atomic E-state index is 10.9. The minimum atomic E-state index is -0.933. The number of carbonyl (C=O) groups is 1. The van der Waals surface area contributed by atoms with E-state index in [0.29, 0.717) is 16.8 Å². The number of hydrogen-bond donors (Lipinski definition) is 1. The van der Waals surface area contributed by atoms with Gasteiger partial charge in [0.15, 0.2) is 0 Å². The van der Waals surface area contributed by atoms with E-state index in [1.54, 1.807) is 18.2 Å². The molecule has 1 aliphatic carbocycles. The van der Waals surface area contributed by atoms with Gasteiger partial charge in [0.1, 0.15) is 5.52 Å². The van der Waals surface area contributed by atoms with Crippen LogP contribution in [0, 0.1) is 11.3 Å². The number of nitrogens with zero attached hydrogens (tertiary/aromatic N) is 3. The highest BCUT2D eigenvalue weighted by molar-refractivity contribution is 5.92.